The van der Waals surface area contributed by atoms with E-state index in [4.69, 9.17) is 5.73 Å². The first-order valence-electron chi connectivity index (χ1n) is 6.19. The second-order valence-electron chi connectivity index (χ2n) is 4.69. The smallest absolute Gasteiger partial charge is 0.00132 e. The fraction of sp³-hybridized carbons (Fsp3) is 1.00. The lowest BCUT2D eigenvalue weighted by Crippen LogP contribution is -2.33. The van der Waals surface area contributed by atoms with Gasteiger partial charge >= 0.3 is 0 Å². The molecule has 0 radical (unpaired) electrons. The van der Waals surface area contributed by atoms with Crippen LogP contribution in [0.4, 0.5) is 0 Å². The Bertz CT molecular complexity index is 146. The van der Waals surface area contributed by atoms with Crippen LogP contribution in [0.15, 0.2) is 0 Å². The maximum Gasteiger partial charge on any atom is -0.00132 e. The molecule has 0 bridgehead atoms. The van der Waals surface area contributed by atoms with Crippen molar-refractivity contribution in [3.05, 3.63) is 0 Å². The third kappa shape index (κ3) is 2.96. The molecule has 0 aliphatic heterocycles. The summed E-state index contributed by atoms with van der Waals surface area (Å²) in [6, 6.07) is 0. The highest BCUT2D eigenvalue weighted by Gasteiger charge is 2.32. The van der Waals surface area contributed by atoms with Gasteiger partial charge < -0.3 is 10.6 Å². The van der Waals surface area contributed by atoms with Crippen LogP contribution in [0.2, 0.25) is 0 Å². The summed E-state index contributed by atoms with van der Waals surface area (Å²) in [5.74, 6) is 0. The Hall–Kier alpha value is -0.0800. The van der Waals surface area contributed by atoms with Crippen molar-refractivity contribution in [1.82, 2.24) is 4.90 Å². The Morgan fingerprint density at radius 2 is 1.71 bits per heavy atom. The molecule has 2 heteroatoms. The van der Waals surface area contributed by atoms with Crippen LogP contribution in [0.1, 0.15) is 46.0 Å². The van der Waals surface area contributed by atoms with Crippen molar-refractivity contribution in [2.24, 2.45) is 11.1 Å². The predicted molar refractivity (Wildman–Crippen MR) is 62.4 cm³/mol. The number of nitrogens with two attached hydrogens (primary N) is 1. The standard InChI is InChI=1S/C12H26N2/c1-3-14(4-2)10-9-12(11-13)7-5-6-8-12/h3-11,13H2,1-2H3. The van der Waals surface area contributed by atoms with Gasteiger partial charge in [0.1, 0.15) is 0 Å². The molecule has 1 aliphatic carbocycles. The molecule has 1 fully saturated rings. The van der Waals surface area contributed by atoms with Gasteiger partial charge in [0.15, 0.2) is 0 Å². The molecule has 84 valence electrons. The van der Waals surface area contributed by atoms with Crippen LogP contribution in [0.3, 0.4) is 0 Å². The first-order valence-corrected chi connectivity index (χ1v) is 6.19. The van der Waals surface area contributed by atoms with Crippen molar-refractivity contribution in [2.45, 2.75) is 46.0 Å². The molecule has 1 aliphatic rings. The summed E-state index contributed by atoms with van der Waals surface area (Å²) in [5.41, 5.74) is 6.42. The van der Waals surface area contributed by atoms with Gasteiger partial charge in [-0.1, -0.05) is 26.7 Å². The Labute approximate surface area is 88.8 Å². The molecule has 1 rings (SSSR count). The molecule has 1 saturated carbocycles. The summed E-state index contributed by atoms with van der Waals surface area (Å²) in [6.45, 7) is 8.98. The minimum atomic E-state index is 0.503. The van der Waals surface area contributed by atoms with Gasteiger partial charge in [-0.2, -0.15) is 0 Å². The molecule has 0 heterocycles. The van der Waals surface area contributed by atoms with Crippen molar-refractivity contribution >= 4 is 0 Å². The summed E-state index contributed by atoms with van der Waals surface area (Å²) in [4.78, 5) is 2.51. The average molecular weight is 198 g/mol. The van der Waals surface area contributed by atoms with Crippen LogP contribution in [-0.4, -0.2) is 31.1 Å². The van der Waals surface area contributed by atoms with Crippen LogP contribution in [-0.2, 0) is 0 Å². The molecule has 2 N–H and O–H groups in total. The topological polar surface area (TPSA) is 29.3 Å². The summed E-state index contributed by atoms with van der Waals surface area (Å²) >= 11 is 0. The molecule has 0 aromatic carbocycles. The molecule has 0 atom stereocenters. The summed E-state index contributed by atoms with van der Waals surface area (Å²) in [5, 5.41) is 0. The zero-order valence-corrected chi connectivity index (χ0v) is 9.89. The average Bonchev–Trinajstić information content (AvgIpc) is 2.69. The minimum absolute atomic E-state index is 0.503. The predicted octanol–water partition coefficient (Wildman–Crippen LogP) is 2.24. The Balaban J connectivity index is 2.33. The third-order valence-electron chi connectivity index (χ3n) is 3.95. The number of nitrogens with zero attached hydrogens (tertiary/aromatic N) is 1. The molecule has 0 saturated heterocycles. The highest BCUT2D eigenvalue weighted by molar-refractivity contribution is 4.86. The molecule has 0 aromatic rings. The lowest BCUT2D eigenvalue weighted by atomic mass is 9.83. The van der Waals surface area contributed by atoms with Crippen molar-refractivity contribution in [3.63, 3.8) is 0 Å². The largest absolute Gasteiger partial charge is 0.330 e. The van der Waals surface area contributed by atoms with Gasteiger partial charge in [0.2, 0.25) is 0 Å². The highest BCUT2D eigenvalue weighted by atomic mass is 15.1. The molecule has 0 amide bonds. The van der Waals surface area contributed by atoms with E-state index >= 15 is 0 Å². The second kappa shape index (κ2) is 5.72. The quantitative estimate of drug-likeness (QED) is 0.709. The molecule has 0 spiro atoms. The van der Waals surface area contributed by atoms with Gasteiger partial charge in [0, 0.05) is 0 Å². The fourth-order valence-electron chi connectivity index (χ4n) is 2.62. The molecule has 14 heavy (non-hydrogen) atoms. The summed E-state index contributed by atoms with van der Waals surface area (Å²) in [7, 11) is 0. The molecular formula is C12H26N2. The fourth-order valence-corrected chi connectivity index (χ4v) is 2.62. The first kappa shape index (κ1) is 12.0. The van der Waals surface area contributed by atoms with Gasteiger partial charge in [-0.3, -0.25) is 0 Å². The molecule has 0 unspecified atom stereocenters. The highest BCUT2D eigenvalue weighted by Crippen LogP contribution is 2.40. The Morgan fingerprint density at radius 3 is 2.14 bits per heavy atom. The summed E-state index contributed by atoms with van der Waals surface area (Å²) < 4.78 is 0. The van der Waals surface area contributed by atoms with E-state index in [1.807, 2.05) is 0 Å². The molecule has 2 nitrogen and oxygen atoms in total. The van der Waals surface area contributed by atoms with E-state index in [1.165, 1.54) is 51.7 Å². The number of hydrogen-bond donors (Lipinski definition) is 1. The molecule has 0 aromatic heterocycles. The van der Waals surface area contributed by atoms with E-state index in [1.54, 1.807) is 0 Å². The van der Waals surface area contributed by atoms with Crippen molar-refractivity contribution in [1.29, 1.82) is 0 Å². The van der Waals surface area contributed by atoms with Gasteiger partial charge in [0.25, 0.3) is 0 Å². The van der Waals surface area contributed by atoms with Gasteiger partial charge in [-0.25, -0.2) is 0 Å². The lowest BCUT2D eigenvalue weighted by Gasteiger charge is -2.30. The Morgan fingerprint density at radius 1 is 1.14 bits per heavy atom. The number of rotatable bonds is 6. The zero-order valence-electron chi connectivity index (χ0n) is 9.89. The van der Waals surface area contributed by atoms with Crippen LogP contribution in [0.25, 0.3) is 0 Å². The number of hydrogen-bond acceptors (Lipinski definition) is 2. The third-order valence-corrected chi connectivity index (χ3v) is 3.95. The van der Waals surface area contributed by atoms with Crippen LogP contribution >= 0.6 is 0 Å². The minimum Gasteiger partial charge on any atom is -0.330 e. The van der Waals surface area contributed by atoms with Crippen LogP contribution < -0.4 is 5.73 Å². The van der Waals surface area contributed by atoms with E-state index < -0.39 is 0 Å². The van der Waals surface area contributed by atoms with Gasteiger partial charge in [-0.15, -0.1) is 0 Å². The van der Waals surface area contributed by atoms with E-state index in [0.717, 1.165) is 6.54 Å². The van der Waals surface area contributed by atoms with Crippen molar-refractivity contribution in [3.8, 4) is 0 Å². The maximum atomic E-state index is 5.92. The van der Waals surface area contributed by atoms with E-state index in [0.29, 0.717) is 5.41 Å². The first-order chi connectivity index (χ1) is 6.76. The maximum absolute atomic E-state index is 5.92. The summed E-state index contributed by atoms with van der Waals surface area (Å²) in [6.07, 6.45) is 6.84. The van der Waals surface area contributed by atoms with E-state index in [-0.39, 0.29) is 0 Å². The normalized spacial score (nSPS) is 20.6. The zero-order chi connectivity index (χ0) is 10.4. The second-order valence-corrected chi connectivity index (χ2v) is 4.69. The van der Waals surface area contributed by atoms with Crippen molar-refractivity contribution in [2.75, 3.05) is 26.2 Å². The van der Waals surface area contributed by atoms with E-state index in [2.05, 4.69) is 18.7 Å². The van der Waals surface area contributed by atoms with Crippen molar-refractivity contribution < 1.29 is 0 Å². The monoisotopic (exact) mass is 198 g/mol. The van der Waals surface area contributed by atoms with Gasteiger partial charge in [0.05, 0.1) is 0 Å². The van der Waals surface area contributed by atoms with Crippen LogP contribution in [0, 0.1) is 5.41 Å². The lowest BCUT2D eigenvalue weighted by molar-refractivity contribution is 0.210. The van der Waals surface area contributed by atoms with Crippen LogP contribution in [0.5, 0.6) is 0 Å². The molecular weight excluding hydrogens is 172 g/mol. The van der Waals surface area contributed by atoms with E-state index in [9.17, 15) is 0 Å². The Kier molecular flexibility index (Phi) is 4.90. The van der Waals surface area contributed by atoms with Gasteiger partial charge in [-0.05, 0) is 50.9 Å². The SMILES string of the molecule is CCN(CC)CCC1(CN)CCCC1.